The van der Waals surface area contributed by atoms with E-state index in [9.17, 15) is 9.18 Å². The summed E-state index contributed by atoms with van der Waals surface area (Å²) in [5, 5.41) is 3.22. The normalized spacial score (nSPS) is 10.9. The monoisotopic (exact) mass is 373 g/mol. The van der Waals surface area contributed by atoms with Crippen molar-refractivity contribution in [2.75, 3.05) is 11.9 Å². The summed E-state index contributed by atoms with van der Waals surface area (Å²) in [6.45, 7) is 0.790. The lowest BCUT2D eigenvalue weighted by Crippen LogP contribution is -2.31. The Morgan fingerprint density at radius 2 is 1.75 bits per heavy atom. The number of primary amides is 1. The first-order valence-electron chi connectivity index (χ1n) is 7.15. The Kier molecular flexibility index (Phi) is 10.0. The molecule has 0 bridgehead atoms. The molecule has 2 aromatic rings. The third-order valence-corrected chi connectivity index (χ3v) is 3.51. The zero-order valence-electron chi connectivity index (χ0n) is 13.1. The van der Waals surface area contributed by atoms with Crippen molar-refractivity contribution in [3.05, 3.63) is 65.5 Å². The molecule has 1 unspecified atom stereocenters. The zero-order chi connectivity index (χ0) is 15.9. The molecule has 0 aliphatic heterocycles. The van der Waals surface area contributed by atoms with Crippen LogP contribution >= 0.6 is 24.8 Å². The Labute approximate surface area is 153 Å². The molecule has 2 rings (SSSR count). The van der Waals surface area contributed by atoms with Gasteiger partial charge in [0.15, 0.2) is 0 Å². The van der Waals surface area contributed by atoms with Crippen LogP contribution in [-0.4, -0.2) is 12.5 Å². The molecule has 0 fully saturated rings. The highest BCUT2D eigenvalue weighted by atomic mass is 35.5. The zero-order valence-corrected chi connectivity index (χ0v) is 14.7. The van der Waals surface area contributed by atoms with Crippen LogP contribution in [0.15, 0.2) is 48.5 Å². The van der Waals surface area contributed by atoms with Gasteiger partial charge in [-0.15, -0.1) is 24.8 Å². The highest BCUT2D eigenvalue weighted by molar-refractivity contribution is 5.85. The molecule has 0 saturated heterocycles. The molecule has 4 nitrogen and oxygen atoms in total. The summed E-state index contributed by atoms with van der Waals surface area (Å²) in [4.78, 5) is 11.2. The van der Waals surface area contributed by atoms with Crippen LogP contribution in [0.4, 0.5) is 10.1 Å². The lowest BCUT2D eigenvalue weighted by molar-refractivity contribution is -0.121. The third-order valence-electron chi connectivity index (χ3n) is 3.51. The molecule has 0 aliphatic carbocycles. The first kappa shape index (κ1) is 22.2. The summed E-state index contributed by atoms with van der Waals surface area (Å²) in [5.74, 6) is -0.962. The maximum absolute atomic E-state index is 13.1. The smallest absolute Gasteiger partial charge is 0.222 e. The van der Waals surface area contributed by atoms with Crippen LogP contribution in [0.3, 0.4) is 0 Å². The molecule has 1 amide bonds. The number of anilines is 1. The average molecular weight is 374 g/mol. The van der Waals surface area contributed by atoms with Gasteiger partial charge in [0.25, 0.3) is 0 Å². The molecule has 0 heterocycles. The van der Waals surface area contributed by atoms with Gasteiger partial charge in [-0.2, -0.15) is 0 Å². The average Bonchev–Trinajstić information content (AvgIpc) is 2.51. The lowest BCUT2D eigenvalue weighted by atomic mass is 9.99. The summed E-state index contributed by atoms with van der Waals surface area (Å²) in [5.41, 5.74) is 13.6. The fourth-order valence-electron chi connectivity index (χ4n) is 2.19. The number of rotatable bonds is 7. The van der Waals surface area contributed by atoms with Gasteiger partial charge in [-0.05, 0) is 41.8 Å². The van der Waals surface area contributed by atoms with Crippen LogP contribution in [0.2, 0.25) is 0 Å². The van der Waals surface area contributed by atoms with Crippen LogP contribution in [-0.2, 0) is 17.8 Å². The van der Waals surface area contributed by atoms with E-state index in [0.717, 1.165) is 16.8 Å². The predicted octanol–water partition coefficient (Wildman–Crippen LogP) is 2.88. The molecule has 24 heavy (non-hydrogen) atoms. The molecule has 0 aliphatic rings. The minimum absolute atomic E-state index is 0. The Bertz CT molecular complexity index is 638. The minimum atomic E-state index is -0.379. The van der Waals surface area contributed by atoms with Gasteiger partial charge in [0.2, 0.25) is 5.91 Å². The molecule has 7 heteroatoms. The minimum Gasteiger partial charge on any atom is -0.381 e. The standard InChI is InChI=1S/C17H20FN3O.2ClH/c18-15-3-1-2-13(9-15)11-21-16-6-4-12(5-7-16)8-14(10-19)17(20)22;;/h1-7,9,14,21H,8,10-11,19H2,(H2,20,22);2*1H. The van der Waals surface area contributed by atoms with Gasteiger partial charge in [0, 0.05) is 18.8 Å². The summed E-state index contributed by atoms with van der Waals surface area (Å²) in [7, 11) is 0. The Morgan fingerprint density at radius 3 is 2.29 bits per heavy atom. The van der Waals surface area contributed by atoms with Crippen LogP contribution in [0.5, 0.6) is 0 Å². The number of carbonyl (C=O) groups excluding carboxylic acids is 1. The summed E-state index contributed by atoms with van der Waals surface area (Å²) >= 11 is 0. The quantitative estimate of drug-likeness (QED) is 0.697. The van der Waals surface area contributed by atoms with E-state index in [1.54, 1.807) is 6.07 Å². The highest BCUT2D eigenvalue weighted by Gasteiger charge is 2.13. The van der Waals surface area contributed by atoms with E-state index in [0.29, 0.717) is 13.0 Å². The van der Waals surface area contributed by atoms with Crippen molar-refractivity contribution in [1.29, 1.82) is 0 Å². The van der Waals surface area contributed by atoms with Crippen LogP contribution in [0.25, 0.3) is 0 Å². The summed E-state index contributed by atoms with van der Waals surface area (Å²) in [6, 6.07) is 14.2. The Morgan fingerprint density at radius 1 is 1.08 bits per heavy atom. The Balaban J connectivity index is 0.00000264. The number of benzene rings is 2. The number of halogens is 3. The number of nitrogens with two attached hydrogens (primary N) is 2. The summed E-state index contributed by atoms with van der Waals surface area (Å²) < 4.78 is 13.1. The van der Waals surface area contributed by atoms with Crippen LogP contribution in [0.1, 0.15) is 11.1 Å². The molecular formula is C17H22Cl2FN3O. The van der Waals surface area contributed by atoms with Gasteiger partial charge in [-0.3, -0.25) is 4.79 Å². The number of amides is 1. The van der Waals surface area contributed by atoms with E-state index in [1.165, 1.54) is 12.1 Å². The topological polar surface area (TPSA) is 81.1 Å². The van der Waals surface area contributed by atoms with Crippen molar-refractivity contribution in [1.82, 2.24) is 0 Å². The summed E-state index contributed by atoms with van der Waals surface area (Å²) in [6.07, 6.45) is 0.538. The van der Waals surface area contributed by atoms with Gasteiger partial charge in [-0.1, -0.05) is 24.3 Å². The van der Waals surface area contributed by atoms with Gasteiger partial charge in [-0.25, -0.2) is 4.39 Å². The molecule has 0 aromatic heterocycles. The van der Waals surface area contributed by atoms with Crippen LogP contribution < -0.4 is 16.8 Å². The number of hydrogen-bond acceptors (Lipinski definition) is 3. The molecular weight excluding hydrogens is 352 g/mol. The second-order valence-electron chi connectivity index (χ2n) is 5.22. The van der Waals surface area contributed by atoms with E-state index in [2.05, 4.69) is 5.32 Å². The lowest BCUT2D eigenvalue weighted by Gasteiger charge is -2.12. The second-order valence-corrected chi connectivity index (χ2v) is 5.22. The van der Waals surface area contributed by atoms with Gasteiger partial charge < -0.3 is 16.8 Å². The van der Waals surface area contributed by atoms with Crippen molar-refractivity contribution in [3.8, 4) is 0 Å². The van der Waals surface area contributed by atoms with Gasteiger partial charge >= 0.3 is 0 Å². The number of hydrogen-bond donors (Lipinski definition) is 3. The number of carbonyl (C=O) groups is 1. The molecule has 0 radical (unpaired) electrons. The predicted molar refractivity (Wildman–Crippen MR) is 100 cm³/mol. The first-order chi connectivity index (χ1) is 10.6. The molecule has 0 saturated carbocycles. The van der Waals surface area contributed by atoms with E-state index in [1.807, 2.05) is 30.3 Å². The maximum Gasteiger partial charge on any atom is 0.222 e. The van der Waals surface area contributed by atoms with E-state index in [4.69, 9.17) is 11.5 Å². The van der Waals surface area contributed by atoms with Gasteiger partial charge in [0.1, 0.15) is 5.82 Å². The molecule has 2 aromatic carbocycles. The SMILES string of the molecule is Cl.Cl.NCC(Cc1ccc(NCc2cccc(F)c2)cc1)C(N)=O. The second kappa shape index (κ2) is 10.9. The largest absolute Gasteiger partial charge is 0.381 e. The van der Waals surface area contributed by atoms with E-state index >= 15 is 0 Å². The highest BCUT2D eigenvalue weighted by Crippen LogP contribution is 2.14. The Hall–Kier alpha value is -1.82. The first-order valence-corrected chi connectivity index (χ1v) is 7.15. The molecule has 1 atom stereocenters. The van der Waals surface area contributed by atoms with Crippen LogP contribution in [0, 0.1) is 11.7 Å². The van der Waals surface area contributed by atoms with Crippen molar-refractivity contribution in [2.24, 2.45) is 17.4 Å². The van der Waals surface area contributed by atoms with Crippen molar-refractivity contribution in [2.45, 2.75) is 13.0 Å². The maximum atomic E-state index is 13.1. The number of nitrogens with one attached hydrogen (secondary N) is 1. The van der Waals surface area contributed by atoms with Gasteiger partial charge in [0.05, 0.1) is 5.92 Å². The molecule has 132 valence electrons. The van der Waals surface area contributed by atoms with Crippen molar-refractivity contribution < 1.29 is 9.18 Å². The van der Waals surface area contributed by atoms with E-state index < -0.39 is 0 Å². The van der Waals surface area contributed by atoms with Crippen molar-refractivity contribution in [3.63, 3.8) is 0 Å². The third kappa shape index (κ3) is 6.74. The fraction of sp³-hybridized carbons (Fsp3) is 0.235. The molecule has 0 spiro atoms. The molecule has 5 N–H and O–H groups in total. The van der Waals surface area contributed by atoms with E-state index in [-0.39, 0.29) is 49.0 Å². The van der Waals surface area contributed by atoms with Crippen molar-refractivity contribution >= 4 is 36.4 Å². The fourth-order valence-corrected chi connectivity index (χ4v) is 2.19.